The number of rotatable bonds is 7. The fourth-order valence-electron chi connectivity index (χ4n) is 3.08. The number of carbonyl (C=O) groups excluding carboxylic acids is 1. The number of methoxy groups -OCH3 is 1. The van der Waals surface area contributed by atoms with Crippen molar-refractivity contribution in [2.45, 2.75) is 32.0 Å². The summed E-state index contributed by atoms with van der Waals surface area (Å²) in [6.45, 7) is 3.40. The van der Waals surface area contributed by atoms with E-state index in [4.69, 9.17) is 9.47 Å². The second kappa shape index (κ2) is 8.73. The van der Waals surface area contributed by atoms with Crippen LogP contribution in [0.3, 0.4) is 0 Å². The minimum absolute atomic E-state index is 0.0554. The van der Waals surface area contributed by atoms with Gasteiger partial charge in [-0.2, -0.15) is 13.2 Å². The molecule has 1 aliphatic rings. The maximum Gasteiger partial charge on any atom is 0.419 e. The van der Waals surface area contributed by atoms with Crippen LogP contribution < -0.4 is 15.4 Å². The minimum Gasteiger partial charge on any atom is -0.491 e. The van der Waals surface area contributed by atoms with Crippen molar-refractivity contribution in [2.75, 3.05) is 33.4 Å². The zero-order valence-electron chi connectivity index (χ0n) is 15.0. The van der Waals surface area contributed by atoms with Gasteiger partial charge in [0.1, 0.15) is 12.4 Å². The Morgan fingerprint density at radius 3 is 2.58 bits per heavy atom. The third kappa shape index (κ3) is 5.11. The SMILES string of the molecule is COCC1(C(=O)NC(C)COc2ccccc2C(F)(F)F)CCNCC1. The van der Waals surface area contributed by atoms with Crippen molar-refractivity contribution in [3.63, 3.8) is 0 Å². The summed E-state index contributed by atoms with van der Waals surface area (Å²) >= 11 is 0. The van der Waals surface area contributed by atoms with Gasteiger partial charge in [0.05, 0.1) is 23.6 Å². The molecule has 0 aromatic heterocycles. The smallest absolute Gasteiger partial charge is 0.419 e. The van der Waals surface area contributed by atoms with Crippen LogP contribution in [0.1, 0.15) is 25.3 Å². The zero-order valence-corrected chi connectivity index (χ0v) is 15.0. The highest BCUT2D eigenvalue weighted by Gasteiger charge is 2.40. The van der Waals surface area contributed by atoms with E-state index in [0.29, 0.717) is 19.4 Å². The monoisotopic (exact) mass is 374 g/mol. The number of carbonyl (C=O) groups is 1. The summed E-state index contributed by atoms with van der Waals surface area (Å²) in [6, 6.07) is 4.60. The maximum absolute atomic E-state index is 13.0. The van der Waals surface area contributed by atoms with Crippen LogP contribution in [0.2, 0.25) is 0 Å². The number of halogens is 3. The van der Waals surface area contributed by atoms with Gasteiger partial charge in [0, 0.05) is 7.11 Å². The van der Waals surface area contributed by atoms with Crippen molar-refractivity contribution in [3.8, 4) is 5.75 Å². The predicted octanol–water partition coefficient (Wildman–Crippen LogP) is 2.61. The number of alkyl halides is 3. The molecule has 0 radical (unpaired) electrons. The molecule has 1 unspecified atom stereocenters. The van der Waals surface area contributed by atoms with Crippen LogP contribution in [0.25, 0.3) is 0 Å². The lowest BCUT2D eigenvalue weighted by atomic mass is 9.78. The van der Waals surface area contributed by atoms with Crippen LogP contribution in [0.5, 0.6) is 5.75 Å². The van der Waals surface area contributed by atoms with Gasteiger partial charge in [-0.05, 0) is 45.0 Å². The molecule has 146 valence electrons. The highest BCUT2D eigenvalue weighted by atomic mass is 19.4. The van der Waals surface area contributed by atoms with E-state index in [-0.39, 0.29) is 18.3 Å². The first-order valence-corrected chi connectivity index (χ1v) is 8.58. The third-order valence-electron chi connectivity index (χ3n) is 4.52. The molecule has 1 aromatic carbocycles. The Labute approximate surface area is 151 Å². The Bertz CT molecular complexity index is 596. The molecule has 1 aromatic rings. The number of ether oxygens (including phenoxy) is 2. The Balaban J connectivity index is 1.96. The van der Waals surface area contributed by atoms with Gasteiger partial charge in [-0.15, -0.1) is 0 Å². The third-order valence-corrected chi connectivity index (χ3v) is 4.52. The molecule has 2 N–H and O–H groups in total. The maximum atomic E-state index is 13.0. The number of benzene rings is 1. The van der Waals surface area contributed by atoms with E-state index in [1.807, 2.05) is 0 Å². The highest BCUT2D eigenvalue weighted by Crippen LogP contribution is 2.36. The molecular formula is C18H25F3N2O3. The van der Waals surface area contributed by atoms with Crippen molar-refractivity contribution >= 4 is 5.91 Å². The van der Waals surface area contributed by atoms with Gasteiger partial charge in [0.15, 0.2) is 0 Å². The summed E-state index contributed by atoms with van der Waals surface area (Å²) in [5.74, 6) is -0.393. The number of para-hydroxylation sites is 1. The van der Waals surface area contributed by atoms with Gasteiger partial charge in [0.25, 0.3) is 0 Å². The summed E-state index contributed by atoms with van der Waals surface area (Å²) in [5, 5.41) is 6.06. The quantitative estimate of drug-likeness (QED) is 0.770. The number of piperidine rings is 1. The van der Waals surface area contributed by atoms with Crippen molar-refractivity contribution in [1.29, 1.82) is 0 Å². The average Bonchev–Trinajstić information content (AvgIpc) is 2.60. The van der Waals surface area contributed by atoms with Gasteiger partial charge in [-0.1, -0.05) is 12.1 Å². The first-order chi connectivity index (χ1) is 12.3. The molecule has 0 bridgehead atoms. The first kappa shape index (κ1) is 20.5. The van der Waals surface area contributed by atoms with E-state index in [2.05, 4.69) is 10.6 Å². The largest absolute Gasteiger partial charge is 0.491 e. The van der Waals surface area contributed by atoms with Crippen LogP contribution in [0.4, 0.5) is 13.2 Å². The second-order valence-electron chi connectivity index (χ2n) is 6.64. The van der Waals surface area contributed by atoms with Crippen LogP contribution in [-0.2, 0) is 15.7 Å². The number of amides is 1. The molecule has 1 heterocycles. The van der Waals surface area contributed by atoms with Crippen LogP contribution in [0.15, 0.2) is 24.3 Å². The van der Waals surface area contributed by atoms with Crippen molar-refractivity contribution in [3.05, 3.63) is 29.8 Å². The lowest BCUT2D eigenvalue weighted by molar-refractivity contribution is -0.140. The predicted molar refractivity (Wildman–Crippen MR) is 91.0 cm³/mol. The lowest BCUT2D eigenvalue weighted by Gasteiger charge is -2.36. The van der Waals surface area contributed by atoms with Gasteiger partial charge < -0.3 is 20.1 Å². The molecule has 8 heteroatoms. The molecule has 2 rings (SSSR count). The second-order valence-corrected chi connectivity index (χ2v) is 6.64. The van der Waals surface area contributed by atoms with Crippen molar-refractivity contribution in [1.82, 2.24) is 10.6 Å². The summed E-state index contributed by atoms with van der Waals surface area (Å²) < 4.78 is 49.5. The fraction of sp³-hybridized carbons (Fsp3) is 0.611. The molecule has 1 amide bonds. The summed E-state index contributed by atoms with van der Waals surface area (Å²) in [7, 11) is 1.55. The number of nitrogens with one attached hydrogen (secondary N) is 2. The number of hydrogen-bond acceptors (Lipinski definition) is 4. The van der Waals surface area contributed by atoms with E-state index < -0.39 is 23.2 Å². The Morgan fingerprint density at radius 1 is 1.31 bits per heavy atom. The van der Waals surface area contributed by atoms with Crippen molar-refractivity contribution in [2.24, 2.45) is 5.41 Å². The topological polar surface area (TPSA) is 59.6 Å². The molecule has 1 atom stereocenters. The van der Waals surface area contributed by atoms with Crippen LogP contribution >= 0.6 is 0 Å². The Kier molecular flexibility index (Phi) is 6.88. The summed E-state index contributed by atoms with van der Waals surface area (Å²) in [5.41, 5.74) is -1.44. The molecule has 0 aliphatic carbocycles. The van der Waals surface area contributed by atoms with Gasteiger partial charge in [-0.25, -0.2) is 0 Å². The van der Waals surface area contributed by atoms with Gasteiger partial charge in [-0.3, -0.25) is 4.79 Å². The summed E-state index contributed by atoms with van der Waals surface area (Å²) in [4.78, 5) is 12.7. The molecule has 1 saturated heterocycles. The average molecular weight is 374 g/mol. The molecule has 0 spiro atoms. The highest BCUT2D eigenvalue weighted by molar-refractivity contribution is 5.83. The zero-order chi connectivity index (χ0) is 19.2. The normalized spacial score (nSPS) is 18.2. The van der Waals surface area contributed by atoms with Crippen LogP contribution in [-0.4, -0.2) is 45.4 Å². The molecule has 1 fully saturated rings. The lowest BCUT2D eigenvalue weighted by Crippen LogP contribution is -2.52. The molecule has 1 aliphatic heterocycles. The molecule has 5 nitrogen and oxygen atoms in total. The molecule has 0 saturated carbocycles. The van der Waals surface area contributed by atoms with E-state index >= 15 is 0 Å². The Hall–Kier alpha value is -1.80. The van der Waals surface area contributed by atoms with Crippen molar-refractivity contribution < 1.29 is 27.4 Å². The minimum atomic E-state index is -4.49. The van der Waals surface area contributed by atoms with E-state index in [1.54, 1.807) is 14.0 Å². The van der Waals surface area contributed by atoms with E-state index in [1.165, 1.54) is 18.2 Å². The standard InChI is InChI=1S/C18H25F3N2O3/c1-13(11-26-15-6-4-3-5-14(15)18(19,20)21)23-16(24)17(12-25-2)7-9-22-10-8-17/h3-6,13,22H,7-12H2,1-2H3,(H,23,24). The van der Waals surface area contributed by atoms with Gasteiger partial charge >= 0.3 is 6.18 Å². The van der Waals surface area contributed by atoms with E-state index in [0.717, 1.165) is 19.2 Å². The molecular weight excluding hydrogens is 349 g/mol. The number of hydrogen-bond donors (Lipinski definition) is 2. The fourth-order valence-corrected chi connectivity index (χ4v) is 3.08. The first-order valence-electron chi connectivity index (χ1n) is 8.58. The summed E-state index contributed by atoms with van der Waals surface area (Å²) in [6.07, 6.45) is -3.19. The Morgan fingerprint density at radius 2 is 1.96 bits per heavy atom. The van der Waals surface area contributed by atoms with Crippen LogP contribution in [0, 0.1) is 5.41 Å². The van der Waals surface area contributed by atoms with E-state index in [9.17, 15) is 18.0 Å². The molecule has 26 heavy (non-hydrogen) atoms. The van der Waals surface area contributed by atoms with Gasteiger partial charge in [0.2, 0.25) is 5.91 Å².